The maximum atomic E-state index is 12.3. The smallest absolute Gasteiger partial charge is 0.224 e. The molecule has 0 radical (unpaired) electrons. The van der Waals surface area contributed by atoms with Crippen LogP contribution in [0.25, 0.3) is 0 Å². The van der Waals surface area contributed by atoms with E-state index in [-0.39, 0.29) is 11.8 Å². The zero-order valence-corrected chi connectivity index (χ0v) is 15.1. The van der Waals surface area contributed by atoms with Crippen LogP contribution in [0.15, 0.2) is 24.3 Å². The summed E-state index contributed by atoms with van der Waals surface area (Å²) in [6.45, 7) is 5.84. The number of anilines is 1. The largest absolute Gasteiger partial charge is 0.338 e. The highest BCUT2D eigenvalue weighted by atomic mass is 16.2. The molecule has 2 fully saturated rings. The van der Waals surface area contributed by atoms with Crippen LogP contribution in [0.3, 0.4) is 0 Å². The van der Waals surface area contributed by atoms with E-state index in [1.54, 1.807) is 0 Å². The summed E-state index contributed by atoms with van der Waals surface area (Å²) in [6, 6.07) is 7.86. The summed E-state index contributed by atoms with van der Waals surface area (Å²) in [5.41, 5.74) is 1.94. The quantitative estimate of drug-likeness (QED) is 0.835. The molecule has 5 heteroatoms. The predicted octanol–water partition coefficient (Wildman–Crippen LogP) is 2.77. The molecule has 2 N–H and O–H groups in total. The van der Waals surface area contributed by atoms with Gasteiger partial charge < -0.3 is 15.5 Å². The predicted molar refractivity (Wildman–Crippen MR) is 99.1 cm³/mol. The van der Waals surface area contributed by atoms with E-state index < -0.39 is 0 Å². The van der Waals surface area contributed by atoms with Gasteiger partial charge in [-0.25, -0.2) is 0 Å². The van der Waals surface area contributed by atoms with Crippen LogP contribution in [0, 0.1) is 11.8 Å². The van der Waals surface area contributed by atoms with Crippen LogP contribution in [0.2, 0.25) is 0 Å². The zero-order chi connectivity index (χ0) is 17.6. The Bertz CT molecular complexity index is 593. The van der Waals surface area contributed by atoms with Gasteiger partial charge in [0, 0.05) is 31.6 Å². The van der Waals surface area contributed by atoms with Gasteiger partial charge in [0.25, 0.3) is 0 Å². The molecule has 0 bridgehead atoms. The minimum Gasteiger partial charge on any atom is -0.338 e. The molecule has 1 aromatic rings. The Morgan fingerprint density at radius 2 is 2.00 bits per heavy atom. The second-order valence-corrected chi connectivity index (χ2v) is 7.43. The molecule has 0 aliphatic carbocycles. The van der Waals surface area contributed by atoms with Gasteiger partial charge in [0.15, 0.2) is 0 Å². The molecule has 2 aliphatic rings. The van der Waals surface area contributed by atoms with Crippen molar-refractivity contribution >= 4 is 17.5 Å². The lowest BCUT2D eigenvalue weighted by Crippen LogP contribution is -2.32. The highest BCUT2D eigenvalue weighted by Crippen LogP contribution is 2.25. The number of benzene rings is 1. The highest BCUT2D eigenvalue weighted by Gasteiger charge is 2.22. The van der Waals surface area contributed by atoms with E-state index in [2.05, 4.69) is 17.6 Å². The summed E-state index contributed by atoms with van der Waals surface area (Å²) in [4.78, 5) is 25.9. The van der Waals surface area contributed by atoms with Gasteiger partial charge in [-0.15, -0.1) is 0 Å². The number of nitrogens with one attached hydrogen (secondary N) is 2. The summed E-state index contributed by atoms with van der Waals surface area (Å²) in [5.74, 6) is 1.40. The minimum atomic E-state index is 0.0912. The lowest BCUT2D eigenvalue weighted by Gasteiger charge is -2.27. The number of hydrogen-bond donors (Lipinski definition) is 2. The molecule has 5 nitrogen and oxygen atoms in total. The molecule has 0 aromatic heterocycles. The molecule has 136 valence electrons. The molecular weight excluding hydrogens is 314 g/mol. The normalized spacial score (nSPS) is 19.9. The number of rotatable bonds is 6. The molecular formula is C20H29N3O2. The molecule has 25 heavy (non-hydrogen) atoms. The van der Waals surface area contributed by atoms with Crippen LogP contribution < -0.4 is 10.6 Å². The molecule has 2 saturated heterocycles. The monoisotopic (exact) mass is 343 g/mol. The first-order valence-corrected chi connectivity index (χ1v) is 9.49. The van der Waals surface area contributed by atoms with Crippen molar-refractivity contribution in [1.29, 1.82) is 0 Å². The van der Waals surface area contributed by atoms with Crippen molar-refractivity contribution < 1.29 is 9.59 Å². The van der Waals surface area contributed by atoms with Gasteiger partial charge in [-0.05, 0) is 61.9 Å². The van der Waals surface area contributed by atoms with E-state index in [4.69, 9.17) is 0 Å². The summed E-state index contributed by atoms with van der Waals surface area (Å²) in [5, 5.41) is 6.38. The number of piperidine rings is 1. The minimum absolute atomic E-state index is 0.0912. The third kappa shape index (κ3) is 5.05. The third-order valence-electron chi connectivity index (χ3n) is 5.48. The van der Waals surface area contributed by atoms with Crippen LogP contribution in [0.1, 0.15) is 44.6 Å². The van der Waals surface area contributed by atoms with Gasteiger partial charge in [0.05, 0.1) is 0 Å². The number of amides is 2. The Morgan fingerprint density at radius 3 is 2.64 bits per heavy atom. The SMILES string of the molecule is CC(CC(=O)Nc1ccc(CN2CCCC2=O)cc1)C1CCNCC1. The van der Waals surface area contributed by atoms with Gasteiger partial charge in [-0.2, -0.15) is 0 Å². The van der Waals surface area contributed by atoms with E-state index in [1.807, 2.05) is 29.2 Å². The summed E-state index contributed by atoms with van der Waals surface area (Å²) < 4.78 is 0. The van der Waals surface area contributed by atoms with Gasteiger partial charge in [0.2, 0.25) is 11.8 Å². The standard InChI is InChI=1S/C20H29N3O2/c1-15(17-8-10-21-11-9-17)13-19(24)22-18-6-4-16(5-7-18)14-23-12-2-3-20(23)25/h4-7,15,17,21H,2-3,8-14H2,1H3,(H,22,24). The number of nitrogens with zero attached hydrogens (tertiary/aromatic N) is 1. The highest BCUT2D eigenvalue weighted by molar-refractivity contribution is 5.90. The molecule has 1 unspecified atom stereocenters. The Morgan fingerprint density at radius 1 is 1.28 bits per heavy atom. The summed E-state index contributed by atoms with van der Waals surface area (Å²) >= 11 is 0. The Hall–Kier alpha value is -1.88. The zero-order valence-electron chi connectivity index (χ0n) is 15.1. The van der Waals surface area contributed by atoms with Gasteiger partial charge in [0.1, 0.15) is 0 Å². The lowest BCUT2D eigenvalue weighted by molar-refractivity contribution is -0.128. The van der Waals surface area contributed by atoms with Crippen molar-refractivity contribution in [3.63, 3.8) is 0 Å². The number of carbonyl (C=O) groups excluding carboxylic acids is 2. The first-order valence-electron chi connectivity index (χ1n) is 9.49. The maximum Gasteiger partial charge on any atom is 0.224 e. The van der Waals surface area contributed by atoms with E-state index >= 15 is 0 Å². The number of hydrogen-bond acceptors (Lipinski definition) is 3. The molecule has 2 heterocycles. The Labute approximate surface area is 150 Å². The van der Waals surface area contributed by atoms with Crippen molar-refractivity contribution in [1.82, 2.24) is 10.2 Å². The van der Waals surface area contributed by atoms with Crippen LogP contribution >= 0.6 is 0 Å². The third-order valence-corrected chi connectivity index (χ3v) is 5.48. The van der Waals surface area contributed by atoms with Crippen molar-refractivity contribution in [2.75, 3.05) is 25.0 Å². The average molecular weight is 343 g/mol. The van der Waals surface area contributed by atoms with E-state index in [0.29, 0.717) is 31.2 Å². The molecule has 0 saturated carbocycles. The van der Waals surface area contributed by atoms with Gasteiger partial charge >= 0.3 is 0 Å². The fraction of sp³-hybridized carbons (Fsp3) is 0.600. The molecule has 1 atom stereocenters. The van der Waals surface area contributed by atoms with Crippen LogP contribution in [-0.2, 0) is 16.1 Å². The van der Waals surface area contributed by atoms with Crippen molar-refractivity contribution in [3.05, 3.63) is 29.8 Å². The fourth-order valence-corrected chi connectivity index (χ4v) is 3.87. The van der Waals surface area contributed by atoms with Crippen molar-refractivity contribution in [2.45, 2.75) is 45.6 Å². The van der Waals surface area contributed by atoms with Crippen molar-refractivity contribution in [3.8, 4) is 0 Å². The van der Waals surface area contributed by atoms with E-state index in [9.17, 15) is 9.59 Å². The Kier molecular flexibility index (Phi) is 6.08. The van der Waals surface area contributed by atoms with Crippen LogP contribution in [-0.4, -0.2) is 36.3 Å². The number of carbonyl (C=O) groups is 2. The average Bonchev–Trinajstić information content (AvgIpc) is 3.02. The first-order chi connectivity index (χ1) is 12.1. The number of likely N-dealkylation sites (tertiary alicyclic amines) is 1. The summed E-state index contributed by atoms with van der Waals surface area (Å²) in [7, 11) is 0. The lowest BCUT2D eigenvalue weighted by atomic mass is 9.84. The second-order valence-electron chi connectivity index (χ2n) is 7.43. The van der Waals surface area contributed by atoms with E-state index in [1.165, 1.54) is 12.8 Å². The topological polar surface area (TPSA) is 61.4 Å². The summed E-state index contributed by atoms with van der Waals surface area (Å²) in [6.07, 6.45) is 4.54. The van der Waals surface area contributed by atoms with Crippen LogP contribution in [0.5, 0.6) is 0 Å². The van der Waals surface area contributed by atoms with Gasteiger partial charge in [-0.1, -0.05) is 19.1 Å². The molecule has 1 aromatic carbocycles. The molecule has 3 rings (SSSR count). The first kappa shape index (κ1) is 17.9. The molecule has 2 amide bonds. The fourth-order valence-electron chi connectivity index (χ4n) is 3.87. The van der Waals surface area contributed by atoms with Gasteiger partial charge in [-0.3, -0.25) is 9.59 Å². The second kappa shape index (κ2) is 8.48. The molecule has 2 aliphatic heterocycles. The van der Waals surface area contributed by atoms with Crippen molar-refractivity contribution in [2.24, 2.45) is 11.8 Å². The van der Waals surface area contributed by atoms with E-state index in [0.717, 1.165) is 37.3 Å². The van der Waals surface area contributed by atoms with Crippen LogP contribution in [0.4, 0.5) is 5.69 Å². The molecule has 0 spiro atoms. The maximum absolute atomic E-state index is 12.3. The Balaban J connectivity index is 1.47.